The normalized spacial score (nSPS) is 12.1. The first-order valence-corrected chi connectivity index (χ1v) is 11.3. The van der Waals surface area contributed by atoms with Crippen LogP contribution >= 0.6 is 0 Å². The number of hydrogen-bond acceptors (Lipinski definition) is 6. The zero-order valence-electron chi connectivity index (χ0n) is 19.8. The van der Waals surface area contributed by atoms with Crippen LogP contribution in [0.5, 0.6) is 5.75 Å². The SMILES string of the molecule is CC(C)N(c1cccc(CCCc2cc(COC(=O)C[C@H](O)C(=O)O)ccc2O)c1)C(C)C. The smallest absolute Gasteiger partial charge is 0.333 e. The van der Waals surface area contributed by atoms with Gasteiger partial charge < -0.3 is 25.0 Å². The second-order valence-corrected chi connectivity index (χ2v) is 8.80. The Kier molecular flexibility index (Phi) is 9.73. The number of nitrogens with zero attached hydrogens (tertiary/aromatic N) is 1. The van der Waals surface area contributed by atoms with Crippen molar-refractivity contribution in [1.82, 2.24) is 0 Å². The highest BCUT2D eigenvalue weighted by molar-refractivity contribution is 5.80. The average Bonchev–Trinajstić information content (AvgIpc) is 2.73. The molecule has 0 amide bonds. The van der Waals surface area contributed by atoms with Crippen LogP contribution in [0.25, 0.3) is 0 Å². The van der Waals surface area contributed by atoms with Crippen molar-refractivity contribution in [3.63, 3.8) is 0 Å². The summed E-state index contributed by atoms with van der Waals surface area (Å²) >= 11 is 0. The molecule has 2 aromatic carbocycles. The number of phenolic OH excluding ortho intramolecular Hbond substituents is 1. The number of hydrogen-bond donors (Lipinski definition) is 3. The van der Waals surface area contributed by atoms with Crippen LogP contribution < -0.4 is 4.90 Å². The third-order valence-electron chi connectivity index (χ3n) is 5.42. The number of aliphatic hydroxyl groups is 1. The number of phenols is 1. The van der Waals surface area contributed by atoms with Gasteiger partial charge in [0.25, 0.3) is 0 Å². The largest absolute Gasteiger partial charge is 0.508 e. The third-order valence-corrected chi connectivity index (χ3v) is 5.42. The first-order chi connectivity index (χ1) is 15.6. The van der Waals surface area contributed by atoms with Gasteiger partial charge in [-0.1, -0.05) is 18.2 Å². The molecule has 0 saturated carbocycles. The predicted octanol–water partition coefficient (Wildman–Crippen LogP) is 4.07. The minimum Gasteiger partial charge on any atom is -0.508 e. The van der Waals surface area contributed by atoms with E-state index in [-0.39, 0.29) is 12.4 Å². The van der Waals surface area contributed by atoms with Crippen LogP contribution in [0.1, 0.15) is 57.2 Å². The summed E-state index contributed by atoms with van der Waals surface area (Å²) in [5.41, 5.74) is 3.89. The molecule has 1 atom stereocenters. The highest BCUT2D eigenvalue weighted by Gasteiger charge is 2.19. The summed E-state index contributed by atoms with van der Waals surface area (Å²) < 4.78 is 5.04. The number of carbonyl (C=O) groups excluding carboxylic acids is 1. The quantitative estimate of drug-likeness (QED) is 0.412. The lowest BCUT2D eigenvalue weighted by Gasteiger charge is -2.33. The molecule has 0 radical (unpaired) electrons. The molecular weight excluding hydrogens is 422 g/mol. The molecule has 0 bridgehead atoms. The molecule has 0 fully saturated rings. The summed E-state index contributed by atoms with van der Waals surface area (Å²) in [6.45, 7) is 8.70. The van der Waals surface area contributed by atoms with Crippen LogP contribution in [0, 0.1) is 0 Å². The van der Waals surface area contributed by atoms with Gasteiger partial charge in [0.05, 0.1) is 6.42 Å². The fraction of sp³-hybridized carbons (Fsp3) is 0.462. The lowest BCUT2D eigenvalue weighted by atomic mass is 10.0. The van der Waals surface area contributed by atoms with E-state index < -0.39 is 24.5 Å². The van der Waals surface area contributed by atoms with E-state index in [2.05, 4.69) is 56.9 Å². The molecule has 0 aliphatic heterocycles. The number of esters is 1. The van der Waals surface area contributed by atoms with Crippen LogP contribution in [-0.2, 0) is 33.8 Å². The van der Waals surface area contributed by atoms with Crippen LogP contribution in [0.2, 0.25) is 0 Å². The summed E-state index contributed by atoms with van der Waals surface area (Å²) in [5.74, 6) is -2.08. The first-order valence-electron chi connectivity index (χ1n) is 11.3. The Bertz CT molecular complexity index is 932. The van der Waals surface area contributed by atoms with Crippen molar-refractivity contribution in [2.75, 3.05) is 4.90 Å². The molecule has 0 saturated heterocycles. The average molecular weight is 458 g/mol. The van der Waals surface area contributed by atoms with E-state index >= 15 is 0 Å². The Morgan fingerprint density at radius 3 is 2.30 bits per heavy atom. The second-order valence-electron chi connectivity index (χ2n) is 8.80. The van der Waals surface area contributed by atoms with Crippen molar-refractivity contribution in [3.8, 4) is 5.75 Å². The Hall–Kier alpha value is -3.06. The van der Waals surface area contributed by atoms with Gasteiger partial charge in [0.1, 0.15) is 12.4 Å². The van der Waals surface area contributed by atoms with Gasteiger partial charge in [0.15, 0.2) is 6.10 Å². The Labute approximate surface area is 195 Å². The van der Waals surface area contributed by atoms with Crippen LogP contribution in [-0.4, -0.2) is 45.4 Å². The minimum absolute atomic E-state index is 0.0548. The number of carbonyl (C=O) groups is 2. The van der Waals surface area contributed by atoms with Crippen LogP contribution in [0.4, 0.5) is 5.69 Å². The van der Waals surface area contributed by atoms with Gasteiger partial charge in [-0.25, -0.2) is 4.79 Å². The molecule has 0 heterocycles. The van der Waals surface area contributed by atoms with Crippen molar-refractivity contribution in [1.29, 1.82) is 0 Å². The number of ether oxygens (including phenoxy) is 1. The van der Waals surface area contributed by atoms with Crippen molar-refractivity contribution >= 4 is 17.6 Å². The Balaban J connectivity index is 1.95. The van der Waals surface area contributed by atoms with Crippen LogP contribution in [0.15, 0.2) is 42.5 Å². The van der Waals surface area contributed by atoms with E-state index in [0.717, 1.165) is 18.4 Å². The van der Waals surface area contributed by atoms with Gasteiger partial charge in [-0.15, -0.1) is 0 Å². The standard InChI is InChI=1S/C26H35NO6/c1-17(2)27(18(3)4)22-10-6-8-19(14-22)7-5-9-21-13-20(11-12-23(21)28)16-33-25(30)15-24(29)26(31)32/h6,8,10-14,17-18,24,28-29H,5,7,9,15-16H2,1-4H3,(H,31,32)/t24-/m0/s1. The molecule has 7 heteroatoms. The number of carboxylic acid groups (broad SMARTS) is 1. The molecule has 2 aromatic rings. The van der Waals surface area contributed by atoms with Gasteiger partial charge >= 0.3 is 11.9 Å². The van der Waals surface area contributed by atoms with Crippen LogP contribution in [0.3, 0.4) is 0 Å². The fourth-order valence-electron chi connectivity index (χ4n) is 3.94. The summed E-state index contributed by atoms with van der Waals surface area (Å²) in [4.78, 5) is 24.7. The molecule has 180 valence electrons. The maximum Gasteiger partial charge on any atom is 0.333 e. The molecule has 2 rings (SSSR count). The molecule has 0 aliphatic carbocycles. The molecule has 3 N–H and O–H groups in total. The van der Waals surface area contributed by atoms with E-state index in [9.17, 15) is 19.8 Å². The van der Waals surface area contributed by atoms with E-state index in [1.54, 1.807) is 18.2 Å². The number of aromatic hydroxyl groups is 1. The first kappa shape index (κ1) is 26.2. The lowest BCUT2D eigenvalue weighted by Crippen LogP contribution is -2.36. The van der Waals surface area contributed by atoms with Gasteiger partial charge in [-0.2, -0.15) is 0 Å². The summed E-state index contributed by atoms with van der Waals surface area (Å²) in [6.07, 6.45) is -0.0182. The number of aliphatic carboxylic acids is 1. The number of carboxylic acids is 1. The molecule has 0 spiro atoms. The van der Waals surface area contributed by atoms with Crippen molar-refractivity contribution in [2.24, 2.45) is 0 Å². The maximum absolute atomic E-state index is 11.7. The topological polar surface area (TPSA) is 107 Å². The van der Waals surface area contributed by atoms with Crippen molar-refractivity contribution < 1.29 is 29.6 Å². The van der Waals surface area contributed by atoms with Gasteiger partial charge in [-0.3, -0.25) is 4.79 Å². The third kappa shape index (κ3) is 8.09. The fourth-order valence-corrected chi connectivity index (χ4v) is 3.94. The maximum atomic E-state index is 11.7. The lowest BCUT2D eigenvalue weighted by molar-refractivity contribution is -0.156. The van der Waals surface area contributed by atoms with E-state index in [1.807, 2.05) is 0 Å². The predicted molar refractivity (Wildman–Crippen MR) is 127 cm³/mol. The zero-order chi connectivity index (χ0) is 24.5. The summed E-state index contributed by atoms with van der Waals surface area (Å²) in [5, 5.41) is 28.1. The molecule has 0 aromatic heterocycles. The summed E-state index contributed by atoms with van der Waals surface area (Å²) in [6, 6.07) is 14.4. The molecule has 7 nitrogen and oxygen atoms in total. The molecular formula is C26H35NO6. The molecule has 33 heavy (non-hydrogen) atoms. The van der Waals surface area contributed by atoms with E-state index in [1.165, 1.54) is 11.3 Å². The molecule has 0 unspecified atom stereocenters. The number of benzene rings is 2. The van der Waals surface area contributed by atoms with Gasteiger partial charge in [0, 0.05) is 17.8 Å². The Morgan fingerprint density at radius 1 is 0.970 bits per heavy atom. The highest BCUT2D eigenvalue weighted by atomic mass is 16.5. The van der Waals surface area contributed by atoms with Gasteiger partial charge in [0.2, 0.25) is 0 Å². The number of aliphatic hydroxyl groups excluding tert-OH is 1. The number of aryl methyl sites for hydroxylation is 2. The monoisotopic (exact) mass is 457 g/mol. The van der Waals surface area contributed by atoms with Crippen molar-refractivity contribution in [2.45, 2.75) is 78.2 Å². The van der Waals surface area contributed by atoms with E-state index in [0.29, 0.717) is 24.1 Å². The zero-order valence-corrected chi connectivity index (χ0v) is 19.8. The second kappa shape index (κ2) is 12.3. The van der Waals surface area contributed by atoms with Crippen molar-refractivity contribution in [3.05, 3.63) is 59.2 Å². The molecule has 0 aliphatic rings. The van der Waals surface area contributed by atoms with E-state index in [4.69, 9.17) is 9.84 Å². The minimum atomic E-state index is -1.78. The highest BCUT2D eigenvalue weighted by Crippen LogP contribution is 2.24. The number of anilines is 1. The van der Waals surface area contributed by atoms with Gasteiger partial charge in [-0.05, 0) is 87.9 Å². The Morgan fingerprint density at radius 2 is 1.67 bits per heavy atom. The number of rotatable bonds is 12. The summed E-state index contributed by atoms with van der Waals surface area (Å²) in [7, 11) is 0.